The summed E-state index contributed by atoms with van der Waals surface area (Å²) in [5.41, 5.74) is 2.02. The highest BCUT2D eigenvalue weighted by molar-refractivity contribution is 5.07. The smallest absolute Gasteiger partial charge is 0.333 e. The van der Waals surface area contributed by atoms with Crippen LogP contribution in [-0.4, -0.2) is 44.9 Å². The number of halogens is 1. The van der Waals surface area contributed by atoms with E-state index in [0.29, 0.717) is 0 Å². The Bertz CT molecular complexity index is 1310. The minimum absolute atomic E-state index is 0.0456. The Kier molecular flexibility index (Phi) is 13.4. The van der Waals surface area contributed by atoms with Gasteiger partial charge >= 0.3 is 5.69 Å². The van der Waals surface area contributed by atoms with Crippen LogP contribution in [0.15, 0.2) is 50.7 Å². The fourth-order valence-electron chi connectivity index (χ4n) is 6.77. The van der Waals surface area contributed by atoms with Crippen LogP contribution < -0.4 is 11.2 Å². The Hall–Kier alpha value is -2.33. The Labute approximate surface area is 268 Å². The molecule has 1 spiro atoms. The van der Waals surface area contributed by atoms with Crippen molar-refractivity contribution in [3.8, 4) is 0 Å². The van der Waals surface area contributed by atoms with E-state index in [1.54, 1.807) is 0 Å². The van der Waals surface area contributed by atoms with Gasteiger partial charge in [-0.2, -0.15) is 4.39 Å². The fraction of sp³-hybridized carbons (Fsp3) is 0.722. The quantitative estimate of drug-likeness (QED) is 0.274. The second kappa shape index (κ2) is 17.0. The molecule has 3 fully saturated rings. The number of nitrogens with zero attached hydrogens (tertiary/aromatic N) is 2. The van der Waals surface area contributed by atoms with Crippen LogP contribution in [0.25, 0.3) is 0 Å². The van der Waals surface area contributed by atoms with E-state index >= 15 is 4.39 Å². The van der Waals surface area contributed by atoms with Gasteiger partial charge in [-0.25, -0.2) is 4.79 Å². The summed E-state index contributed by atoms with van der Waals surface area (Å²) in [6.07, 6.45) is 19.5. The second-order valence-corrected chi connectivity index (χ2v) is 13.5. The molecule has 0 bridgehead atoms. The van der Waals surface area contributed by atoms with Gasteiger partial charge in [0.1, 0.15) is 18.3 Å². The Morgan fingerprint density at radius 1 is 0.867 bits per heavy atom. The van der Waals surface area contributed by atoms with Gasteiger partial charge in [-0.1, -0.05) is 79.9 Å². The van der Waals surface area contributed by atoms with Crippen molar-refractivity contribution in [2.45, 2.75) is 161 Å². The summed E-state index contributed by atoms with van der Waals surface area (Å²) < 4.78 is 36.3. The predicted octanol–water partition coefficient (Wildman–Crippen LogP) is 7.24. The van der Waals surface area contributed by atoms with E-state index < -0.39 is 47.4 Å². The van der Waals surface area contributed by atoms with Crippen LogP contribution in [0.3, 0.4) is 0 Å². The first kappa shape index (κ1) is 35.5. The molecule has 0 amide bonds. The average molecular weight is 631 g/mol. The van der Waals surface area contributed by atoms with Crippen molar-refractivity contribution in [3.05, 3.63) is 67.8 Å². The summed E-state index contributed by atoms with van der Waals surface area (Å²) in [7, 11) is 0. The summed E-state index contributed by atoms with van der Waals surface area (Å²) in [4.78, 5) is 26.5. The summed E-state index contributed by atoms with van der Waals surface area (Å²) >= 11 is 0. The van der Waals surface area contributed by atoms with Gasteiger partial charge < -0.3 is 19.3 Å². The third-order valence-electron chi connectivity index (χ3n) is 9.46. The zero-order chi connectivity index (χ0) is 32.4. The highest BCUT2D eigenvalue weighted by atomic mass is 19.1. The average Bonchev–Trinajstić information content (AvgIpc) is 3.52. The molecule has 4 atom stereocenters. The normalized spacial score (nSPS) is 26.4. The van der Waals surface area contributed by atoms with Crippen LogP contribution in [0.4, 0.5) is 4.39 Å². The van der Waals surface area contributed by atoms with Gasteiger partial charge in [-0.3, -0.25) is 13.9 Å². The summed E-state index contributed by atoms with van der Waals surface area (Å²) in [5.74, 6) is -1.86. The number of aliphatic hydroxyl groups excluding tert-OH is 1. The van der Waals surface area contributed by atoms with E-state index in [4.69, 9.17) is 14.2 Å². The zero-order valence-corrected chi connectivity index (χ0v) is 27.9. The molecular weight excluding hydrogens is 575 g/mol. The Morgan fingerprint density at radius 2 is 1.42 bits per heavy atom. The van der Waals surface area contributed by atoms with E-state index in [9.17, 15) is 14.7 Å². The van der Waals surface area contributed by atoms with Gasteiger partial charge in [0.05, 0.1) is 12.8 Å². The lowest BCUT2D eigenvalue weighted by molar-refractivity contribution is -0.228. The minimum atomic E-state index is -1.04. The van der Waals surface area contributed by atoms with Gasteiger partial charge in [-0.15, -0.1) is 0 Å². The van der Waals surface area contributed by atoms with Crippen molar-refractivity contribution in [2.24, 2.45) is 0 Å². The third-order valence-corrected chi connectivity index (χ3v) is 9.46. The van der Waals surface area contributed by atoms with Crippen molar-refractivity contribution in [2.75, 3.05) is 6.61 Å². The number of rotatable bonds is 10. The van der Waals surface area contributed by atoms with Gasteiger partial charge in [-0.05, 0) is 66.2 Å². The lowest BCUT2D eigenvalue weighted by Crippen LogP contribution is -2.44. The minimum Gasteiger partial charge on any atom is -0.394 e. The molecule has 1 N–H and O–H groups in total. The van der Waals surface area contributed by atoms with Crippen LogP contribution in [0.2, 0.25) is 0 Å². The van der Waals surface area contributed by atoms with Crippen LogP contribution in [0, 0.1) is 5.82 Å². The van der Waals surface area contributed by atoms with E-state index in [1.807, 2.05) is 13.0 Å². The van der Waals surface area contributed by atoms with Crippen molar-refractivity contribution in [1.82, 2.24) is 9.13 Å². The summed E-state index contributed by atoms with van der Waals surface area (Å²) in [6, 6.07) is 0. The summed E-state index contributed by atoms with van der Waals surface area (Å²) in [5, 5.41) is 10.2. The van der Waals surface area contributed by atoms with Crippen LogP contribution >= 0.6 is 0 Å². The van der Waals surface area contributed by atoms with Gasteiger partial charge in [0.2, 0.25) is 5.82 Å². The largest absolute Gasteiger partial charge is 0.394 e. The maximum atomic E-state index is 15.1. The first-order valence-corrected chi connectivity index (χ1v) is 17.2. The highest BCUT2D eigenvalue weighted by Crippen LogP contribution is 2.47. The maximum absolute atomic E-state index is 15.1. The van der Waals surface area contributed by atoms with Gasteiger partial charge in [0.15, 0.2) is 12.0 Å². The van der Waals surface area contributed by atoms with Crippen molar-refractivity contribution in [3.63, 3.8) is 0 Å². The molecule has 1 aromatic heterocycles. The molecule has 8 nitrogen and oxygen atoms in total. The topological polar surface area (TPSA) is 91.9 Å². The number of ether oxygens (including phenoxy) is 3. The molecule has 2 saturated heterocycles. The summed E-state index contributed by atoms with van der Waals surface area (Å²) in [6.45, 7) is 7.92. The molecular formula is C36H55FN2O6. The SMILES string of the molecule is CC(C)=CCCC(C)=CCCC(C)=CCn1c(=O)c(F)cn([C@@H]2O[C@H](CO)C3OC4(CCCCCCCCCCC4)OC32)c1=O. The van der Waals surface area contributed by atoms with Crippen LogP contribution in [0.1, 0.15) is 130 Å². The number of aliphatic hydroxyl groups is 1. The van der Waals surface area contributed by atoms with Crippen LogP contribution in [-0.2, 0) is 20.8 Å². The highest BCUT2D eigenvalue weighted by Gasteiger charge is 2.58. The van der Waals surface area contributed by atoms with Crippen molar-refractivity contribution < 1.29 is 23.7 Å². The molecule has 0 radical (unpaired) electrons. The van der Waals surface area contributed by atoms with Gasteiger partial charge in [0, 0.05) is 19.4 Å². The van der Waals surface area contributed by atoms with E-state index in [1.165, 1.54) is 43.3 Å². The molecule has 1 aromatic rings. The predicted molar refractivity (Wildman–Crippen MR) is 175 cm³/mol. The lowest BCUT2D eigenvalue weighted by atomic mass is 9.97. The number of hydrogen-bond donors (Lipinski definition) is 1. The Balaban J connectivity index is 1.49. The third kappa shape index (κ3) is 9.60. The van der Waals surface area contributed by atoms with E-state index in [0.717, 1.165) is 85.1 Å². The first-order valence-electron chi connectivity index (χ1n) is 17.2. The number of aromatic nitrogens is 2. The molecule has 2 aliphatic heterocycles. The van der Waals surface area contributed by atoms with Crippen molar-refractivity contribution >= 4 is 0 Å². The molecule has 9 heteroatoms. The Morgan fingerprint density at radius 3 is 2.02 bits per heavy atom. The lowest BCUT2D eigenvalue weighted by Gasteiger charge is -2.32. The molecule has 0 aromatic carbocycles. The number of allylic oxidation sites excluding steroid dienone is 6. The molecule has 3 aliphatic rings. The fourth-order valence-corrected chi connectivity index (χ4v) is 6.77. The standard InChI is InChI=1S/C36H55FN2O6/c1-26(2)16-14-17-27(3)18-15-19-28(4)20-23-38-33(41)29(37)24-39(35(38)42)34-32-31(30(25-40)43-34)44-36(45-32)21-12-10-8-6-5-7-9-11-13-22-36/h16,18,20,24,30-32,34,40H,5-15,17,19,21-23,25H2,1-4H3/t30-,31?,32?,34-/m1/s1. The molecule has 1 saturated carbocycles. The first-order chi connectivity index (χ1) is 21.6. The van der Waals surface area contributed by atoms with E-state index in [-0.39, 0.29) is 13.2 Å². The molecule has 45 heavy (non-hydrogen) atoms. The van der Waals surface area contributed by atoms with Gasteiger partial charge in [0.25, 0.3) is 5.56 Å². The second-order valence-electron chi connectivity index (χ2n) is 13.5. The molecule has 1 aliphatic carbocycles. The maximum Gasteiger partial charge on any atom is 0.333 e. The number of hydrogen-bond acceptors (Lipinski definition) is 6. The number of fused-ring (bicyclic) bond motifs is 1. The zero-order valence-electron chi connectivity index (χ0n) is 27.9. The van der Waals surface area contributed by atoms with E-state index in [2.05, 4.69) is 32.9 Å². The van der Waals surface area contributed by atoms with Crippen LogP contribution in [0.5, 0.6) is 0 Å². The monoisotopic (exact) mass is 630 g/mol. The molecule has 252 valence electrons. The van der Waals surface area contributed by atoms with Crippen molar-refractivity contribution in [1.29, 1.82) is 0 Å². The molecule has 3 heterocycles. The molecule has 2 unspecified atom stereocenters. The molecule has 4 rings (SSSR count).